The predicted octanol–water partition coefficient (Wildman–Crippen LogP) is 1.96. The topological polar surface area (TPSA) is 83.6 Å². The molecule has 2 aliphatic heterocycles. The summed E-state index contributed by atoms with van der Waals surface area (Å²) >= 11 is 0. The van der Waals surface area contributed by atoms with E-state index in [1.165, 1.54) is 0 Å². The molecule has 0 spiro atoms. The molecule has 1 N–H and O–H groups in total. The van der Waals surface area contributed by atoms with Crippen LogP contribution in [-0.2, 0) is 19.7 Å². The Morgan fingerprint density at radius 3 is 1.89 bits per heavy atom. The van der Waals surface area contributed by atoms with Gasteiger partial charge >= 0.3 is 0 Å². The van der Waals surface area contributed by atoms with Crippen molar-refractivity contribution < 1.29 is 16.8 Å². The van der Waals surface area contributed by atoms with Crippen molar-refractivity contribution in [3.8, 4) is 0 Å². The van der Waals surface area contributed by atoms with E-state index in [1.807, 2.05) is 7.05 Å². The van der Waals surface area contributed by atoms with Gasteiger partial charge in [0.1, 0.15) is 0 Å². The Labute approximate surface area is 167 Å². The van der Waals surface area contributed by atoms with E-state index in [0.717, 1.165) is 38.8 Å². The minimum absolute atomic E-state index is 0.212. The normalized spacial score (nSPS) is 26.5. The standard InChI is InChI=1S/C10H21NO2S.C9H19NO2S/c1-9(2)4-6-11(3)10-5-7-14(12,13)8-10;1-8(2)3-5-10-9-4-6-13(11,12)7-9/h9-10H,4-8H2,1-3H3;8-10H,3-7H2,1-2H3. The van der Waals surface area contributed by atoms with E-state index in [4.69, 9.17) is 0 Å². The van der Waals surface area contributed by atoms with Crippen molar-refractivity contribution in [2.24, 2.45) is 11.8 Å². The van der Waals surface area contributed by atoms with Gasteiger partial charge in [0.2, 0.25) is 0 Å². The maximum absolute atomic E-state index is 11.3. The Bertz CT molecular complexity index is 630. The number of nitrogens with zero attached hydrogens (tertiary/aromatic N) is 1. The van der Waals surface area contributed by atoms with Crippen LogP contribution in [0.15, 0.2) is 0 Å². The fraction of sp³-hybridized carbons (Fsp3) is 1.00. The van der Waals surface area contributed by atoms with Gasteiger partial charge in [-0.15, -0.1) is 0 Å². The van der Waals surface area contributed by atoms with Crippen LogP contribution < -0.4 is 5.32 Å². The van der Waals surface area contributed by atoms with E-state index in [0.29, 0.717) is 34.8 Å². The molecule has 6 nitrogen and oxygen atoms in total. The van der Waals surface area contributed by atoms with Crippen LogP contribution in [0.2, 0.25) is 0 Å². The van der Waals surface area contributed by atoms with E-state index in [2.05, 4.69) is 37.9 Å². The number of hydrogen-bond acceptors (Lipinski definition) is 6. The van der Waals surface area contributed by atoms with Crippen molar-refractivity contribution >= 4 is 19.7 Å². The van der Waals surface area contributed by atoms with Crippen molar-refractivity contribution in [3.63, 3.8) is 0 Å². The van der Waals surface area contributed by atoms with Gasteiger partial charge in [0, 0.05) is 12.1 Å². The van der Waals surface area contributed by atoms with Gasteiger partial charge in [-0.1, -0.05) is 27.7 Å². The second-order valence-corrected chi connectivity index (χ2v) is 13.4. The molecule has 2 atom stereocenters. The van der Waals surface area contributed by atoms with Crippen molar-refractivity contribution in [2.75, 3.05) is 43.1 Å². The third kappa shape index (κ3) is 10.8. The summed E-state index contributed by atoms with van der Waals surface area (Å²) in [6, 6.07) is 0.475. The molecule has 0 aromatic carbocycles. The molecular formula is C19H40N2O4S2. The maximum Gasteiger partial charge on any atom is 0.151 e. The largest absolute Gasteiger partial charge is 0.313 e. The van der Waals surface area contributed by atoms with E-state index in [1.54, 1.807) is 0 Å². The van der Waals surface area contributed by atoms with Crippen molar-refractivity contribution in [3.05, 3.63) is 0 Å². The van der Waals surface area contributed by atoms with Crippen LogP contribution in [0.5, 0.6) is 0 Å². The molecule has 2 heterocycles. The first-order valence-electron chi connectivity index (χ1n) is 10.2. The number of hydrogen-bond donors (Lipinski definition) is 1. The summed E-state index contributed by atoms with van der Waals surface area (Å²) in [4.78, 5) is 2.20. The number of nitrogens with one attached hydrogen (secondary N) is 1. The first-order chi connectivity index (χ1) is 12.4. The third-order valence-electron chi connectivity index (χ3n) is 5.28. The Morgan fingerprint density at radius 1 is 0.889 bits per heavy atom. The zero-order chi connectivity index (χ0) is 20.7. The van der Waals surface area contributed by atoms with Gasteiger partial charge in [0.15, 0.2) is 19.7 Å². The van der Waals surface area contributed by atoms with Crippen LogP contribution in [0, 0.1) is 11.8 Å². The summed E-state index contributed by atoms with van der Waals surface area (Å²) in [6.45, 7) is 10.7. The minimum atomic E-state index is -2.72. The highest BCUT2D eigenvalue weighted by Crippen LogP contribution is 2.17. The summed E-state index contributed by atoms with van der Waals surface area (Å²) in [6.07, 6.45) is 3.88. The molecule has 8 heteroatoms. The summed E-state index contributed by atoms with van der Waals surface area (Å²) in [7, 11) is -3.39. The lowest BCUT2D eigenvalue weighted by Crippen LogP contribution is -2.33. The van der Waals surface area contributed by atoms with Crippen LogP contribution in [0.1, 0.15) is 53.4 Å². The molecule has 2 rings (SSSR count). The fourth-order valence-electron chi connectivity index (χ4n) is 3.30. The first-order valence-corrected chi connectivity index (χ1v) is 13.9. The van der Waals surface area contributed by atoms with Gasteiger partial charge in [-0.05, 0) is 57.7 Å². The van der Waals surface area contributed by atoms with E-state index < -0.39 is 19.7 Å². The molecule has 0 saturated carbocycles. The lowest BCUT2D eigenvalue weighted by atomic mass is 10.1. The molecule has 2 saturated heterocycles. The van der Waals surface area contributed by atoms with E-state index >= 15 is 0 Å². The smallest absolute Gasteiger partial charge is 0.151 e. The molecule has 2 aliphatic rings. The Morgan fingerprint density at radius 2 is 1.44 bits per heavy atom. The van der Waals surface area contributed by atoms with Crippen molar-refractivity contribution in [1.82, 2.24) is 10.2 Å². The molecule has 2 fully saturated rings. The van der Waals surface area contributed by atoms with Crippen LogP contribution in [-0.4, -0.2) is 77.0 Å². The summed E-state index contributed by atoms with van der Waals surface area (Å²) in [5.41, 5.74) is 0. The van der Waals surface area contributed by atoms with Crippen LogP contribution >= 0.6 is 0 Å². The maximum atomic E-state index is 11.3. The monoisotopic (exact) mass is 424 g/mol. The predicted molar refractivity (Wildman–Crippen MR) is 114 cm³/mol. The molecule has 162 valence electrons. The van der Waals surface area contributed by atoms with Crippen LogP contribution in [0.4, 0.5) is 0 Å². The average Bonchev–Trinajstić information content (AvgIpc) is 3.07. The molecule has 0 amide bonds. The SMILES string of the molecule is CC(C)CCN(C)C1CCS(=O)(=O)C1.CC(C)CCNC1CCS(=O)(=O)C1. The molecule has 0 aliphatic carbocycles. The van der Waals surface area contributed by atoms with Gasteiger partial charge in [-0.25, -0.2) is 16.8 Å². The fourth-order valence-corrected chi connectivity index (χ4v) is 6.81. The van der Waals surface area contributed by atoms with Gasteiger partial charge in [0.25, 0.3) is 0 Å². The van der Waals surface area contributed by atoms with Gasteiger partial charge in [-0.2, -0.15) is 0 Å². The molecule has 2 unspecified atom stereocenters. The van der Waals surface area contributed by atoms with Crippen molar-refractivity contribution in [2.45, 2.75) is 65.5 Å². The quantitative estimate of drug-likeness (QED) is 0.641. The molecular weight excluding hydrogens is 384 g/mol. The zero-order valence-corrected chi connectivity index (χ0v) is 19.4. The zero-order valence-electron chi connectivity index (χ0n) is 17.8. The number of rotatable bonds is 8. The average molecular weight is 425 g/mol. The van der Waals surface area contributed by atoms with E-state index in [9.17, 15) is 16.8 Å². The minimum Gasteiger partial charge on any atom is -0.313 e. The second kappa shape index (κ2) is 11.1. The van der Waals surface area contributed by atoms with Gasteiger partial charge in [-0.3, -0.25) is 0 Å². The van der Waals surface area contributed by atoms with Gasteiger partial charge in [0.05, 0.1) is 23.0 Å². The molecule has 0 bridgehead atoms. The first kappa shape index (κ1) is 24.9. The molecule has 0 aromatic rings. The second-order valence-electron chi connectivity index (χ2n) is 8.96. The van der Waals surface area contributed by atoms with Crippen LogP contribution in [0.3, 0.4) is 0 Å². The Hall–Kier alpha value is -0.180. The highest BCUT2D eigenvalue weighted by Gasteiger charge is 2.30. The summed E-state index contributed by atoms with van der Waals surface area (Å²) < 4.78 is 44.7. The summed E-state index contributed by atoms with van der Waals surface area (Å²) in [5, 5.41) is 3.29. The third-order valence-corrected chi connectivity index (χ3v) is 8.80. The highest BCUT2D eigenvalue weighted by molar-refractivity contribution is 7.91. The Kier molecular flexibility index (Phi) is 10.2. The van der Waals surface area contributed by atoms with Crippen LogP contribution in [0.25, 0.3) is 0 Å². The lowest BCUT2D eigenvalue weighted by molar-refractivity contribution is 0.247. The molecule has 27 heavy (non-hydrogen) atoms. The molecule has 0 aromatic heterocycles. The van der Waals surface area contributed by atoms with E-state index in [-0.39, 0.29) is 12.1 Å². The highest BCUT2D eigenvalue weighted by atomic mass is 32.2. The number of sulfone groups is 2. The lowest BCUT2D eigenvalue weighted by Gasteiger charge is -2.23. The van der Waals surface area contributed by atoms with Crippen molar-refractivity contribution in [1.29, 1.82) is 0 Å². The summed E-state index contributed by atoms with van der Waals surface area (Å²) in [5.74, 6) is 2.82. The molecule has 0 radical (unpaired) electrons. The van der Waals surface area contributed by atoms with Gasteiger partial charge < -0.3 is 10.2 Å². The Balaban J connectivity index is 0.000000271.